The van der Waals surface area contributed by atoms with Gasteiger partial charge < -0.3 is 10.1 Å². The highest BCUT2D eigenvalue weighted by atomic mass is 32.1. The minimum absolute atomic E-state index is 0.0272. The summed E-state index contributed by atoms with van der Waals surface area (Å²) in [6, 6.07) is 10.5. The first-order valence-electron chi connectivity index (χ1n) is 9.80. The molecule has 4 nitrogen and oxygen atoms in total. The van der Waals surface area contributed by atoms with Gasteiger partial charge in [-0.05, 0) is 49.7 Å². The first kappa shape index (κ1) is 19.6. The van der Waals surface area contributed by atoms with Gasteiger partial charge >= 0.3 is 5.97 Å². The van der Waals surface area contributed by atoms with Gasteiger partial charge in [-0.3, -0.25) is 4.79 Å². The fourth-order valence-corrected chi connectivity index (χ4v) is 4.96. The molecule has 1 atom stereocenters. The predicted octanol–water partition coefficient (Wildman–Crippen LogP) is 5.33. The molecule has 27 heavy (non-hydrogen) atoms. The average Bonchev–Trinajstić information content (AvgIpc) is 3.04. The van der Waals surface area contributed by atoms with Gasteiger partial charge in [0.05, 0.1) is 12.2 Å². The summed E-state index contributed by atoms with van der Waals surface area (Å²) in [6.07, 6.45) is 5.04. The van der Waals surface area contributed by atoms with Crippen molar-refractivity contribution in [2.75, 3.05) is 11.9 Å². The molecule has 0 aliphatic heterocycles. The van der Waals surface area contributed by atoms with Crippen LogP contribution in [0.4, 0.5) is 5.00 Å². The molecule has 0 spiro atoms. The highest BCUT2D eigenvalue weighted by Crippen LogP contribution is 2.42. The van der Waals surface area contributed by atoms with Crippen molar-refractivity contribution in [2.24, 2.45) is 0 Å². The Bertz CT molecular complexity index is 797. The van der Waals surface area contributed by atoms with Gasteiger partial charge in [0.15, 0.2) is 0 Å². The standard InChI is InChI=1S/C22H27NO3S/c1-3-5-11-19(24)23-21-20(22(25)26-4-2)17-13-12-16(14-18(17)27-21)15-9-7-6-8-10-15/h6-10,16H,3-5,11-14H2,1-2H3,(H,23,24). The Kier molecular flexibility index (Phi) is 6.67. The maximum atomic E-state index is 12.6. The van der Waals surface area contributed by atoms with E-state index in [2.05, 4.69) is 36.5 Å². The fourth-order valence-electron chi connectivity index (χ4n) is 3.63. The van der Waals surface area contributed by atoms with Crippen LogP contribution in [-0.2, 0) is 22.4 Å². The molecule has 1 N–H and O–H groups in total. The number of hydrogen-bond donors (Lipinski definition) is 1. The summed E-state index contributed by atoms with van der Waals surface area (Å²) < 4.78 is 5.28. The van der Waals surface area contributed by atoms with E-state index in [0.717, 1.165) is 37.7 Å². The third-order valence-electron chi connectivity index (χ3n) is 5.03. The molecule has 0 saturated heterocycles. The van der Waals surface area contributed by atoms with Crippen molar-refractivity contribution in [1.82, 2.24) is 0 Å². The van der Waals surface area contributed by atoms with E-state index in [1.165, 1.54) is 10.4 Å². The summed E-state index contributed by atoms with van der Waals surface area (Å²) >= 11 is 1.54. The predicted molar refractivity (Wildman–Crippen MR) is 110 cm³/mol. The van der Waals surface area contributed by atoms with Gasteiger partial charge in [-0.2, -0.15) is 0 Å². The summed E-state index contributed by atoms with van der Waals surface area (Å²) in [7, 11) is 0. The molecule has 1 amide bonds. The second-order valence-corrected chi connectivity index (χ2v) is 8.04. The van der Waals surface area contributed by atoms with Crippen LogP contribution < -0.4 is 5.32 Å². The number of carbonyl (C=O) groups excluding carboxylic acids is 2. The van der Waals surface area contributed by atoms with Crippen molar-refractivity contribution >= 4 is 28.2 Å². The molecule has 0 radical (unpaired) electrons. The van der Waals surface area contributed by atoms with Crippen molar-refractivity contribution in [1.29, 1.82) is 0 Å². The van der Waals surface area contributed by atoms with Crippen LogP contribution in [0.15, 0.2) is 30.3 Å². The van der Waals surface area contributed by atoms with Crippen LogP contribution in [0, 0.1) is 0 Å². The SMILES string of the molecule is CCCCC(=O)Nc1sc2c(c1C(=O)OCC)CCC(c1ccccc1)C2. The minimum Gasteiger partial charge on any atom is -0.462 e. The number of fused-ring (bicyclic) bond motifs is 1. The van der Waals surface area contributed by atoms with Crippen LogP contribution in [-0.4, -0.2) is 18.5 Å². The topological polar surface area (TPSA) is 55.4 Å². The van der Waals surface area contributed by atoms with E-state index < -0.39 is 0 Å². The Morgan fingerprint density at radius 3 is 2.70 bits per heavy atom. The van der Waals surface area contributed by atoms with Crippen LogP contribution in [0.3, 0.4) is 0 Å². The Hall–Kier alpha value is -2.14. The van der Waals surface area contributed by atoms with E-state index in [1.807, 2.05) is 13.0 Å². The third kappa shape index (κ3) is 4.59. The number of benzene rings is 1. The van der Waals surface area contributed by atoms with Gasteiger partial charge in [0.1, 0.15) is 5.00 Å². The number of nitrogens with one attached hydrogen (secondary N) is 1. The van der Waals surface area contributed by atoms with Crippen molar-refractivity contribution in [3.05, 3.63) is 51.9 Å². The van der Waals surface area contributed by atoms with Gasteiger partial charge in [0, 0.05) is 11.3 Å². The smallest absolute Gasteiger partial charge is 0.341 e. The number of carbonyl (C=O) groups is 2. The largest absolute Gasteiger partial charge is 0.462 e. The summed E-state index contributed by atoms with van der Waals surface area (Å²) in [5, 5.41) is 3.64. The zero-order valence-electron chi connectivity index (χ0n) is 16.0. The number of unbranched alkanes of at least 4 members (excludes halogenated alkanes) is 1. The molecule has 0 fully saturated rings. The number of amides is 1. The van der Waals surface area contributed by atoms with Gasteiger partial charge in [-0.25, -0.2) is 4.79 Å². The van der Waals surface area contributed by atoms with Gasteiger partial charge in [-0.15, -0.1) is 11.3 Å². The van der Waals surface area contributed by atoms with Gasteiger partial charge in [0.2, 0.25) is 5.91 Å². The van der Waals surface area contributed by atoms with Crippen LogP contribution in [0.1, 0.15) is 71.8 Å². The highest BCUT2D eigenvalue weighted by molar-refractivity contribution is 7.17. The minimum atomic E-state index is -0.320. The number of rotatable bonds is 7. The van der Waals surface area contributed by atoms with Crippen LogP contribution >= 0.6 is 11.3 Å². The Morgan fingerprint density at radius 1 is 1.22 bits per heavy atom. The van der Waals surface area contributed by atoms with Crippen LogP contribution in [0.5, 0.6) is 0 Å². The molecule has 1 aromatic heterocycles. The number of ether oxygens (including phenoxy) is 1. The molecule has 1 unspecified atom stereocenters. The molecule has 2 aromatic rings. The maximum absolute atomic E-state index is 12.6. The molecule has 1 heterocycles. The van der Waals surface area contributed by atoms with Crippen molar-refractivity contribution in [2.45, 2.75) is 58.3 Å². The van der Waals surface area contributed by atoms with Gasteiger partial charge in [0.25, 0.3) is 0 Å². The highest BCUT2D eigenvalue weighted by Gasteiger charge is 2.30. The molecular formula is C22H27NO3S. The molecular weight excluding hydrogens is 358 g/mol. The van der Waals surface area contributed by atoms with E-state index in [1.54, 1.807) is 11.3 Å². The molecule has 5 heteroatoms. The van der Waals surface area contributed by atoms with Gasteiger partial charge in [-0.1, -0.05) is 43.7 Å². The lowest BCUT2D eigenvalue weighted by atomic mass is 9.83. The molecule has 1 aromatic carbocycles. The quantitative estimate of drug-likeness (QED) is 0.656. The van der Waals surface area contributed by atoms with Crippen molar-refractivity contribution in [3.8, 4) is 0 Å². The maximum Gasteiger partial charge on any atom is 0.341 e. The molecule has 1 aliphatic rings. The number of thiophene rings is 1. The second kappa shape index (κ2) is 9.18. The second-order valence-electron chi connectivity index (χ2n) is 6.93. The number of anilines is 1. The zero-order valence-corrected chi connectivity index (χ0v) is 16.9. The molecule has 0 bridgehead atoms. The summed E-state index contributed by atoms with van der Waals surface area (Å²) in [4.78, 5) is 26.0. The molecule has 3 rings (SSSR count). The Balaban J connectivity index is 1.87. The van der Waals surface area contributed by atoms with E-state index in [9.17, 15) is 9.59 Å². The van der Waals surface area contributed by atoms with Crippen LogP contribution in [0.2, 0.25) is 0 Å². The third-order valence-corrected chi connectivity index (χ3v) is 6.20. The number of esters is 1. The van der Waals surface area contributed by atoms with Crippen molar-refractivity contribution < 1.29 is 14.3 Å². The first-order chi connectivity index (χ1) is 13.1. The van der Waals surface area contributed by atoms with Crippen molar-refractivity contribution in [3.63, 3.8) is 0 Å². The van der Waals surface area contributed by atoms with E-state index in [-0.39, 0.29) is 11.9 Å². The summed E-state index contributed by atoms with van der Waals surface area (Å²) in [5.41, 5.74) is 2.98. The summed E-state index contributed by atoms with van der Waals surface area (Å²) in [5.74, 6) is 0.107. The average molecular weight is 386 g/mol. The van der Waals surface area contributed by atoms with E-state index in [0.29, 0.717) is 29.5 Å². The normalized spacial score (nSPS) is 15.9. The lowest BCUT2D eigenvalue weighted by Crippen LogP contribution is -2.16. The fraction of sp³-hybridized carbons (Fsp3) is 0.455. The molecule has 0 saturated carbocycles. The lowest BCUT2D eigenvalue weighted by molar-refractivity contribution is -0.116. The Labute approximate surface area is 164 Å². The lowest BCUT2D eigenvalue weighted by Gasteiger charge is -2.23. The zero-order chi connectivity index (χ0) is 19.2. The summed E-state index contributed by atoms with van der Waals surface area (Å²) in [6.45, 7) is 4.20. The van der Waals surface area contributed by atoms with E-state index in [4.69, 9.17) is 4.74 Å². The van der Waals surface area contributed by atoms with E-state index >= 15 is 0 Å². The molecule has 1 aliphatic carbocycles. The monoisotopic (exact) mass is 385 g/mol. The Morgan fingerprint density at radius 2 is 2.00 bits per heavy atom. The number of hydrogen-bond acceptors (Lipinski definition) is 4. The van der Waals surface area contributed by atoms with Crippen LogP contribution in [0.25, 0.3) is 0 Å². The molecule has 144 valence electrons. The first-order valence-corrected chi connectivity index (χ1v) is 10.6.